The average molecular weight is 752 g/mol. The summed E-state index contributed by atoms with van der Waals surface area (Å²) in [6.45, 7) is 14.8. The highest BCUT2D eigenvalue weighted by Gasteiger charge is 2.62. The number of aromatic nitrogens is 2. The van der Waals surface area contributed by atoms with Crippen molar-refractivity contribution in [2.24, 2.45) is 11.8 Å². The molecule has 2 aliphatic carbocycles. The lowest BCUT2D eigenvalue weighted by Gasteiger charge is -2.30. The number of ether oxygens (including phenoxy) is 2. The molecule has 3 aliphatic rings. The molecule has 2 saturated carbocycles. The third kappa shape index (κ3) is 9.81. The fourth-order valence-corrected chi connectivity index (χ4v) is 8.25. The van der Waals surface area contributed by atoms with Gasteiger partial charge in [-0.15, -0.1) is 13.2 Å². The van der Waals surface area contributed by atoms with E-state index in [1.807, 2.05) is 37.3 Å². The second-order valence-corrected chi connectivity index (χ2v) is 17.4. The lowest BCUT2D eigenvalue weighted by atomic mass is 9.95. The molecule has 0 unspecified atom stereocenters. The summed E-state index contributed by atoms with van der Waals surface area (Å²) in [5.41, 5.74) is -0.323. The van der Waals surface area contributed by atoms with Crippen LogP contribution in [0.25, 0.3) is 11.0 Å². The summed E-state index contributed by atoms with van der Waals surface area (Å²) in [6.07, 6.45) is 7.79. The number of carbonyl (C=O) groups excluding carboxylic acids is 4. The second kappa shape index (κ2) is 16.4. The lowest BCUT2D eigenvalue weighted by molar-refractivity contribution is -0.159. The van der Waals surface area contributed by atoms with Crippen LogP contribution in [-0.4, -0.2) is 82.1 Å². The number of aryl methyl sites for hydroxylation is 1. The lowest BCUT2D eigenvalue weighted by Crippen LogP contribution is -2.57. The topological polar surface area (TPSA) is 174 Å². The number of fused-ring (bicyclic) bond motifs is 1. The Balaban J connectivity index is 1.43. The summed E-state index contributed by atoms with van der Waals surface area (Å²) >= 11 is 0. The van der Waals surface area contributed by atoms with E-state index in [0.717, 1.165) is 19.3 Å². The van der Waals surface area contributed by atoms with Gasteiger partial charge in [-0.05, 0) is 77.8 Å². The number of hydrogen-bond acceptors (Lipinski definition) is 10. The fraction of sp³-hybridized carbons (Fsp3) is 0.590. The van der Waals surface area contributed by atoms with Crippen molar-refractivity contribution in [1.29, 1.82) is 0 Å². The Bertz CT molecular complexity index is 1840. The first-order chi connectivity index (χ1) is 25.1. The molecule has 53 heavy (non-hydrogen) atoms. The molecule has 1 aromatic heterocycles. The molecule has 1 saturated heterocycles. The minimum atomic E-state index is -3.89. The zero-order valence-electron chi connectivity index (χ0n) is 31.3. The van der Waals surface area contributed by atoms with E-state index in [1.54, 1.807) is 20.8 Å². The molecule has 13 nitrogen and oxygen atoms in total. The van der Waals surface area contributed by atoms with Gasteiger partial charge in [-0.3, -0.25) is 23.9 Å². The van der Waals surface area contributed by atoms with E-state index in [1.165, 1.54) is 11.0 Å². The first-order valence-electron chi connectivity index (χ1n) is 18.7. The molecule has 2 N–H and O–H groups in total. The van der Waals surface area contributed by atoms with Crippen molar-refractivity contribution < 1.29 is 37.1 Å². The minimum Gasteiger partial charge on any atom is -0.471 e. The molecular weight excluding hydrogens is 699 g/mol. The number of benzene rings is 1. The Morgan fingerprint density at radius 2 is 1.77 bits per heavy atom. The van der Waals surface area contributed by atoms with Crippen LogP contribution in [0.5, 0.6) is 5.88 Å². The van der Waals surface area contributed by atoms with E-state index in [0.29, 0.717) is 54.7 Å². The number of hydrogen-bond donors (Lipinski definition) is 2. The van der Waals surface area contributed by atoms with Crippen LogP contribution in [0.3, 0.4) is 0 Å². The monoisotopic (exact) mass is 751 g/mol. The summed E-state index contributed by atoms with van der Waals surface area (Å²) in [6, 6.07) is 6.31. The molecule has 2 aromatic rings. The van der Waals surface area contributed by atoms with Crippen LogP contribution in [-0.2, 0) is 40.4 Å². The van der Waals surface area contributed by atoms with Crippen molar-refractivity contribution in [1.82, 2.24) is 24.9 Å². The molecule has 1 aromatic carbocycles. The van der Waals surface area contributed by atoms with Gasteiger partial charge in [-0.25, -0.2) is 18.4 Å². The molecular formula is C39H53N5O8S. The Labute approximate surface area is 312 Å². The number of nitrogens with zero attached hydrogens (tertiary/aromatic N) is 3. The highest BCUT2D eigenvalue weighted by Crippen LogP contribution is 2.45. The van der Waals surface area contributed by atoms with Crippen molar-refractivity contribution in [3.05, 3.63) is 55.3 Å². The normalized spacial score (nSPS) is 23.2. The Morgan fingerprint density at radius 3 is 2.38 bits per heavy atom. The number of sulfonamides is 1. The standard InChI is InChI=1S/C39H53N5O8S/c1-7-10-11-12-13-16-25(21-33(45)52-38(4,5)6)36(47)44-24-27(51-35-29(9-3)40-30-17-14-15-18-31(30)41-35)22-32(44)34(46)42-39(23-26(39)8-2)37(48)43-53(49,50)28-19-20-28/h7-8,14-15,17-18,25-28,32H,1-2,9-13,16,19-24H2,3-6H3,(H,42,46)(H,43,48)/t25-,26-,27-,32+,39-/m1/s1. The predicted octanol–water partition coefficient (Wildman–Crippen LogP) is 4.69. The van der Waals surface area contributed by atoms with Crippen LogP contribution in [0.15, 0.2) is 49.6 Å². The molecule has 3 amide bonds. The van der Waals surface area contributed by atoms with E-state index < -0.39 is 74.1 Å². The zero-order valence-corrected chi connectivity index (χ0v) is 32.1. The number of rotatable bonds is 18. The highest BCUT2D eigenvalue weighted by atomic mass is 32.2. The largest absolute Gasteiger partial charge is 0.471 e. The highest BCUT2D eigenvalue weighted by molar-refractivity contribution is 7.91. The Morgan fingerprint density at radius 1 is 1.08 bits per heavy atom. The smallest absolute Gasteiger partial charge is 0.307 e. The molecule has 5 rings (SSSR count). The van der Waals surface area contributed by atoms with E-state index in [-0.39, 0.29) is 25.8 Å². The average Bonchev–Trinajstić information content (AvgIpc) is 4.03. The number of unbranched alkanes of at least 4 members (excludes halogenated alkanes) is 3. The van der Waals surface area contributed by atoms with E-state index in [2.05, 4.69) is 23.2 Å². The predicted molar refractivity (Wildman–Crippen MR) is 200 cm³/mol. The minimum absolute atomic E-state index is 0.00993. The first kappa shape index (κ1) is 39.9. The third-order valence-corrected chi connectivity index (χ3v) is 11.8. The molecule has 0 spiro atoms. The summed E-state index contributed by atoms with van der Waals surface area (Å²) < 4.78 is 39.6. The summed E-state index contributed by atoms with van der Waals surface area (Å²) in [7, 11) is -3.89. The SMILES string of the molecule is C=CCCCCC[C@H](CC(=O)OC(C)(C)C)C(=O)N1C[C@H](Oc2nc3ccccc3nc2CC)C[C@H]1C(=O)N[C@]1(C(=O)NS(=O)(=O)C2CC2)C[C@H]1C=C. The van der Waals surface area contributed by atoms with Gasteiger partial charge in [0.05, 0.1) is 29.2 Å². The maximum absolute atomic E-state index is 14.5. The maximum atomic E-state index is 14.5. The molecule has 0 radical (unpaired) electrons. The molecule has 0 bridgehead atoms. The number of amides is 3. The molecule has 14 heteroatoms. The molecule has 3 fully saturated rings. The van der Waals surface area contributed by atoms with E-state index in [9.17, 15) is 27.6 Å². The number of allylic oxidation sites excluding steroid dienone is 1. The van der Waals surface area contributed by atoms with Crippen LogP contribution in [0, 0.1) is 11.8 Å². The molecule has 1 aliphatic heterocycles. The van der Waals surface area contributed by atoms with Crippen LogP contribution in [0.1, 0.15) is 97.6 Å². The van der Waals surface area contributed by atoms with E-state index >= 15 is 0 Å². The summed E-state index contributed by atoms with van der Waals surface area (Å²) in [5.74, 6) is -3.37. The maximum Gasteiger partial charge on any atom is 0.307 e. The fourth-order valence-electron chi connectivity index (χ4n) is 6.88. The van der Waals surface area contributed by atoms with Gasteiger partial charge in [0.1, 0.15) is 29.0 Å². The molecule has 288 valence electrons. The van der Waals surface area contributed by atoms with Gasteiger partial charge in [-0.1, -0.05) is 44.1 Å². The van der Waals surface area contributed by atoms with Crippen LogP contribution in [0.4, 0.5) is 0 Å². The molecule has 5 atom stereocenters. The van der Waals surface area contributed by atoms with E-state index in [4.69, 9.17) is 19.4 Å². The van der Waals surface area contributed by atoms with Crippen molar-refractivity contribution in [2.75, 3.05) is 6.54 Å². The Kier molecular flexibility index (Phi) is 12.3. The molecule has 2 heterocycles. The van der Waals surface area contributed by atoms with Crippen molar-refractivity contribution in [3.63, 3.8) is 0 Å². The number of nitrogens with one attached hydrogen (secondary N) is 2. The van der Waals surface area contributed by atoms with Gasteiger partial charge in [0.2, 0.25) is 27.7 Å². The number of carbonyl (C=O) groups is 4. The Hall–Kier alpha value is -4.33. The van der Waals surface area contributed by atoms with Crippen LogP contribution >= 0.6 is 0 Å². The van der Waals surface area contributed by atoms with Crippen molar-refractivity contribution in [2.45, 2.75) is 127 Å². The second-order valence-electron chi connectivity index (χ2n) is 15.4. The van der Waals surface area contributed by atoms with Crippen molar-refractivity contribution in [3.8, 4) is 5.88 Å². The van der Waals surface area contributed by atoms with Gasteiger partial charge in [0.25, 0.3) is 5.91 Å². The van der Waals surface area contributed by atoms with Gasteiger partial charge in [0.15, 0.2) is 0 Å². The van der Waals surface area contributed by atoms with Gasteiger partial charge >= 0.3 is 5.97 Å². The quantitative estimate of drug-likeness (QED) is 0.124. The van der Waals surface area contributed by atoms with Crippen LogP contribution < -0.4 is 14.8 Å². The summed E-state index contributed by atoms with van der Waals surface area (Å²) in [5, 5.41) is 2.19. The number of likely N-dealkylation sites (tertiary alicyclic amines) is 1. The van der Waals surface area contributed by atoms with Gasteiger partial charge < -0.3 is 19.7 Å². The number of esters is 1. The van der Waals surface area contributed by atoms with Gasteiger partial charge in [-0.2, -0.15) is 0 Å². The first-order valence-corrected chi connectivity index (χ1v) is 20.2. The van der Waals surface area contributed by atoms with Crippen molar-refractivity contribution >= 4 is 44.7 Å². The van der Waals surface area contributed by atoms with Crippen LogP contribution in [0.2, 0.25) is 0 Å². The zero-order chi connectivity index (χ0) is 38.6. The summed E-state index contributed by atoms with van der Waals surface area (Å²) in [4.78, 5) is 66.3. The third-order valence-electron chi connectivity index (χ3n) is 9.96. The van der Waals surface area contributed by atoms with Gasteiger partial charge in [0, 0.05) is 18.3 Å². The number of para-hydroxylation sites is 2.